The lowest BCUT2D eigenvalue weighted by atomic mass is 9.96. The molecule has 1 aliphatic rings. The second-order valence-corrected chi connectivity index (χ2v) is 6.32. The van der Waals surface area contributed by atoms with E-state index in [0.29, 0.717) is 36.1 Å². The average Bonchev–Trinajstić information content (AvgIpc) is 2.63. The Morgan fingerprint density at radius 2 is 2.20 bits per heavy atom. The van der Waals surface area contributed by atoms with Gasteiger partial charge >= 0.3 is 0 Å². The minimum absolute atomic E-state index is 0. The van der Waals surface area contributed by atoms with Crippen LogP contribution in [0.1, 0.15) is 49.4 Å². The zero-order chi connectivity index (χ0) is 17.2. The van der Waals surface area contributed by atoms with E-state index in [9.17, 15) is 4.79 Å². The third kappa shape index (κ3) is 7.12. The van der Waals surface area contributed by atoms with Crippen LogP contribution in [0, 0.1) is 5.92 Å². The van der Waals surface area contributed by atoms with Crippen molar-refractivity contribution in [3.63, 3.8) is 0 Å². The summed E-state index contributed by atoms with van der Waals surface area (Å²) in [5, 5.41) is 6.41. The summed E-state index contributed by atoms with van der Waals surface area (Å²) in [7, 11) is 1.60. The molecule has 0 radical (unpaired) electrons. The van der Waals surface area contributed by atoms with E-state index in [1.54, 1.807) is 19.2 Å². The van der Waals surface area contributed by atoms with Crippen molar-refractivity contribution in [2.45, 2.75) is 39.0 Å². The molecule has 0 saturated carbocycles. The number of piperidine rings is 1. The predicted molar refractivity (Wildman–Crippen MR) is 103 cm³/mol. The normalized spacial score (nSPS) is 16.6. The topological polar surface area (TPSA) is 59.6 Å². The molecule has 0 spiro atoms. The fourth-order valence-electron chi connectivity index (χ4n) is 2.92. The van der Waals surface area contributed by atoms with Crippen molar-refractivity contribution in [1.29, 1.82) is 0 Å². The van der Waals surface area contributed by atoms with Crippen LogP contribution in [0.3, 0.4) is 0 Å². The van der Waals surface area contributed by atoms with Gasteiger partial charge in [-0.15, -0.1) is 12.4 Å². The molecule has 2 rings (SSSR count). The molecular formula is C19H31ClN2O3. The molecule has 142 valence electrons. The van der Waals surface area contributed by atoms with E-state index in [1.165, 1.54) is 12.8 Å². The largest absolute Gasteiger partial charge is 0.493 e. The first-order valence-electron chi connectivity index (χ1n) is 9.04. The molecule has 0 aliphatic carbocycles. The van der Waals surface area contributed by atoms with Gasteiger partial charge in [-0.25, -0.2) is 0 Å². The van der Waals surface area contributed by atoms with E-state index < -0.39 is 0 Å². The van der Waals surface area contributed by atoms with E-state index in [2.05, 4.69) is 17.6 Å². The molecule has 0 aromatic heterocycles. The van der Waals surface area contributed by atoms with E-state index in [1.807, 2.05) is 6.07 Å². The molecule has 1 atom stereocenters. The summed E-state index contributed by atoms with van der Waals surface area (Å²) in [6.07, 6.45) is 5.59. The summed E-state index contributed by atoms with van der Waals surface area (Å²) >= 11 is 0. The van der Waals surface area contributed by atoms with Gasteiger partial charge in [-0.2, -0.15) is 0 Å². The summed E-state index contributed by atoms with van der Waals surface area (Å²) in [6.45, 7) is 5.68. The summed E-state index contributed by atoms with van der Waals surface area (Å²) in [5.74, 6) is 1.91. The number of ether oxygens (including phenoxy) is 2. The highest BCUT2D eigenvalue weighted by Gasteiger charge is 2.14. The Morgan fingerprint density at radius 1 is 1.36 bits per heavy atom. The lowest BCUT2D eigenvalue weighted by molar-refractivity contribution is 0.0950. The zero-order valence-electron chi connectivity index (χ0n) is 15.3. The Labute approximate surface area is 157 Å². The highest BCUT2D eigenvalue weighted by Crippen LogP contribution is 2.28. The van der Waals surface area contributed by atoms with Gasteiger partial charge in [-0.05, 0) is 62.9 Å². The van der Waals surface area contributed by atoms with Crippen molar-refractivity contribution in [1.82, 2.24) is 10.6 Å². The van der Waals surface area contributed by atoms with Crippen molar-refractivity contribution in [2.24, 2.45) is 5.92 Å². The molecule has 6 heteroatoms. The van der Waals surface area contributed by atoms with E-state index in [4.69, 9.17) is 9.47 Å². The van der Waals surface area contributed by atoms with Gasteiger partial charge in [0.25, 0.3) is 5.91 Å². The average molecular weight is 371 g/mol. The minimum atomic E-state index is -0.0582. The molecule has 1 fully saturated rings. The van der Waals surface area contributed by atoms with Gasteiger partial charge in [0, 0.05) is 12.1 Å². The van der Waals surface area contributed by atoms with E-state index in [-0.39, 0.29) is 18.3 Å². The zero-order valence-corrected chi connectivity index (χ0v) is 16.1. The molecular weight excluding hydrogens is 340 g/mol. The highest BCUT2D eigenvalue weighted by atomic mass is 35.5. The molecule has 1 aromatic carbocycles. The standard InChI is InChI=1S/C19H30N2O3.ClH/c1-3-4-12-24-17-8-7-16(13-18(17)23-2)19(22)21-11-9-15-6-5-10-20-14-15;/h7-8,13,15,20H,3-6,9-12,14H2,1-2H3,(H,21,22);1H. The van der Waals surface area contributed by atoms with Crippen LogP contribution in [0.4, 0.5) is 0 Å². The number of hydrogen-bond donors (Lipinski definition) is 2. The molecule has 1 heterocycles. The summed E-state index contributed by atoms with van der Waals surface area (Å²) < 4.78 is 11.1. The molecule has 0 bridgehead atoms. The van der Waals surface area contributed by atoms with Gasteiger partial charge < -0.3 is 20.1 Å². The second-order valence-electron chi connectivity index (χ2n) is 6.32. The maximum atomic E-state index is 12.3. The number of carbonyl (C=O) groups is 1. The van der Waals surface area contributed by atoms with Gasteiger partial charge in [0.15, 0.2) is 11.5 Å². The van der Waals surface area contributed by atoms with Crippen molar-refractivity contribution >= 4 is 18.3 Å². The summed E-state index contributed by atoms with van der Waals surface area (Å²) in [5.41, 5.74) is 0.608. The second kappa shape index (κ2) is 12.0. The smallest absolute Gasteiger partial charge is 0.251 e. The number of amides is 1. The molecule has 1 aromatic rings. The van der Waals surface area contributed by atoms with Gasteiger partial charge in [-0.1, -0.05) is 13.3 Å². The maximum absolute atomic E-state index is 12.3. The van der Waals surface area contributed by atoms with Crippen LogP contribution in [-0.4, -0.2) is 39.3 Å². The molecule has 1 saturated heterocycles. The third-order valence-electron chi connectivity index (χ3n) is 4.42. The van der Waals surface area contributed by atoms with Gasteiger partial charge in [0.1, 0.15) is 0 Å². The Morgan fingerprint density at radius 3 is 2.88 bits per heavy atom. The number of unbranched alkanes of at least 4 members (excludes halogenated alkanes) is 1. The fourth-order valence-corrected chi connectivity index (χ4v) is 2.92. The van der Waals surface area contributed by atoms with Crippen LogP contribution < -0.4 is 20.1 Å². The molecule has 1 aliphatic heterocycles. The van der Waals surface area contributed by atoms with Crippen LogP contribution in [0.2, 0.25) is 0 Å². The molecule has 2 N–H and O–H groups in total. The summed E-state index contributed by atoms with van der Waals surface area (Å²) in [6, 6.07) is 5.36. The number of rotatable bonds is 9. The number of benzene rings is 1. The van der Waals surface area contributed by atoms with Crippen LogP contribution in [0.15, 0.2) is 18.2 Å². The van der Waals surface area contributed by atoms with Crippen LogP contribution in [0.25, 0.3) is 0 Å². The highest BCUT2D eigenvalue weighted by molar-refractivity contribution is 5.94. The lowest BCUT2D eigenvalue weighted by Gasteiger charge is -2.22. The van der Waals surface area contributed by atoms with Crippen molar-refractivity contribution in [3.05, 3.63) is 23.8 Å². The lowest BCUT2D eigenvalue weighted by Crippen LogP contribution is -2.33. The first-order chi connectivity index (χ1) is 11.7. The van der Waals surface area contributed by atoms with Crippen molar-refractivity contribution < 1.29 is 14.3 Å². The Kier molecular flexibility index (Phi) is 10.3. The van der Waals surface area contributed by atoms with Gasteiger partial charge in [0.05, 0.1) is 13.7 Å². The fraction of sp³-hybridized carbons (Fsp3) is 0.632. The Bertz CT molecular complexity index is 519. The van der Waals surface area contributed by atoms with Crippen LogP contribution in [-0.2, 0) is 0 Å². The monoisotopic (exact) mass is 370 g/mol. The number of hydrogen-bond acceptors (Lipinski definition) is 4. The first kappa shape index (κ1) is 21.6. The minimum Gasteiger partial charge on any atom is -0.493 e. The van der Waals surface area contributed by atoms with Gasteiger partial charge in [0.2, 0.25) is 0 Å². The maximum Gasteiger partial charge on any atom is 0.251 e. The van der Waals surface area contributed by atoms with Crippen LogP contribution in [0.5, 0.6) is 11.5 Å². The van der Waals surface area contributed by atoms with E-state index >= 15 is 0 Å². The van der Waals surface area contributed by atoms with Gasteiger partial charge in [-0.3, -0.25) is 4.79 Å². The SMILES string of the molecule is CCCCOc1ccc(C(=O)NCCC2CCCNC2)cc1OC.Cl. The van der Waals surface area contributed by atoms with E-state index in [0.717, 1.165) is 32.4 Å². The molecule has 25 heavy (non-hydrogen) atoms. The predicted octanol–water partition coefficient (Wildman–Crippen LogP) is 3.42. The number of nitrogens with one attached hydrogen (secondary N) is 2. The molecule has 1 unspecified atom stereocenters. The number of halogens is 1. The quantitative estimate of drug-likeness (QED) is 0.654. The first-order valence-corrected chi connectivity index (χ1v) is 9.04. The Hall–Kier alpha value is -1.46. The van der Waals surface area contributed by atoms with Crippen molar-refractivity contribution in [3.8, 4) is 11.5 Å². The molecule has 5 nitrogen and oxygen atoms in total. The number of carbonyl (C=O) groups excluding carboxylic acids is 1. The van der Waals surface area contributed by atoms with Crippen molar-refractivity contribution in [2.75, 3.05) is 33.4 Å². The summed E-state index contributed by atoms with van der Waals surface area (Å²) in [4.78, 5) is 12.3. The van der Waals surface area contributed by atoms with Crippen LogP contribution >= 0.6 is 12.4 Å². The third-order valence-corrected chi connectivity index (χ3v) is 4.42. The molecule has 1 amide bonds. The Balaban J connectivity index is 0.00000312. The number of methoxy groups -OCH3 is 1.